The number of aryl methyl sites for hydroxylation is 1. The van der Waals surface area contributed by atoms with Gasteiger partial charge in [0.05, 0.1) is 6.61 Å². The van der Waals surface area contributed by atoms with E-state index >= 15 is 0 Å². The van der Waals surface area contributed by atoms with E-state index in [1.165, 1.54) is 12.0 Å². The maximum Gasteiger partial charge on any atom is 0.254 e. The molecule has 0 spiro atoms. The minimum absolute atomic E-state index is 0.185. The van der Waals surface area contributed by atoms with Gasteiger partial charge in [-0.15, -0.1) is 0 Å². The third kappa shape index (κ3) is 3.33. The first kappa shape index (κ1) is 15.5. The Labute approximate surface area is 133 Å². The van der Waals surface area contributed by atoms with Gasteiger partial charge in [-0.05, 0) is 43.4 Å². The summed E-state index contributed by atoms with van der Waals surface area (Å²) in [5.74, 6) is 0.867. The van der Waals surface area contributed by atoms with Gasteiger partial charge < -0.3 is 9.64 Å². The molecule has 120 valence electrons. The number of rotatable bonds is 3. The number of carbonyl (C=O) groups is 1. The second kappa shape index (κ2) is 6.80. The summed E-state index contributed by atoms with van der Waals surface area (Å²) in [6, 6.07) is 5.99. The number of nitrogens with zero attached hydrogens (tertiary/aromatic N) is 2. The Balaban J connectivity index is 1.56. The fraction of sp³-hybridized carbons (Fsp3) is 0.611. The molecule has 0 N–H and O–H groups in total. The SMILES string of the molecule is Cc1cccc(C(=O)N2CCN(CC3CCOC3)CC2)c1C. The Morgan fingerprint density at radius 1 is 1.23 bits per heavy atom. The first-order chi connectivity index (χ1) is 10.6. The second-order valence-electron chi connectivity index (χ2n) is 6.57. The Kier molecular flexibility index (Phi) is 4.79. The lowest BCUT2D eigenvalue weighted by Crippen LogP contribution is -2.50. The highest BCUT2D eigenvalue weighted by molar-refractivity contribution is 5.96. The molecule has 2 aliphatic rings. The molecule has 0 saturated carbocycles. The Morgan fingerprint density at radius 3 is 2.68 bits per heavy atom. The van der Waals surface area contributed by atoms with Gasteiger partial charge in [-0.1, -0.05) is 12.1 Å². The average molecular weight is 302 g/mol. The number of hydrogen-bond acceptors (Lipinski definition) is 3. The molecule has 2 saturated heterocycles. The highest BCUT2D eigenvalue weighted by atomic mass is 16.5. The van der Waals surface area contributed by atoms with E-state index in [0.717, 1.165) is 57.1 Å². The molecule has 0 aromatic heterocycles. The van der Waals surface area contributed by atoms with Gasteiger partial charge in [0.15, 0.2) is 0 Å². The third-order valence-corrected chi connectivity index (χ3v) is 5.03. The third-order valence-electron chi connectivity index (χ3n) is 5.03. The summed E-state index contributed by atoms with van der Waals surface area (Å²) >= 11 is 0. The lowest BCUT2D eigenvalue weighted by atomic mass is 10.0. The van der Waals surface area contributed by atoms with E-state index in [2.05, 4.69) is 17.9 Å². The smallest absolute Gasteiger partial charge is 0.254 e. The largest absolute Gasteiger partial charge is 0.381 e. The zero-order valence-corrected chi connectivity index (χ0v) is 13.7. The van der Waals surface area contributed by atoms with Gasteiger partial charge in [-0.2, -0.15) is 0 Å². The van der Waals surface area contributed by atoms with Crippen molar-refractivity contribution >= 4 is 5.91 Å². The minimum Gasteiger partial charge on any atom is -0.381 e. The molecule has 1 unspecified atom stereocenters. The van der Waals surface area contributed by atoms with Gasteiger partial charge >= 0.3 is 0 Å². The molecule has 2 fully saturated rings. The molecule has 1 amide bonds. The molecule has 2 aliphatic heterocycles. The van der Waals surface area contributed by atoms with Crippen LogP contribution in [0.1, 0.15) is 27.9 Å². The highest BCUT2D eigenvalue weighted by Crippen LogP contribution is 2.18. The van der Waals surface area contributed by atoms with E-state index in [4.69, 9.17) is 4.74 Å². The van der Waals surface area contributed by atoms with Gasteiger partial charge in [0, 0.05) is 44.9 Å². The Bertz CT molecular complexity index is 530. The van der Waals surface area contributed by atoms with Gasteiger partial charge in [0.2, 0.25) is 0 Å². The number of hydrogen-bond donors (Lipinski definition) is 0. The summed E-state index contributed by atoms with van der Waals surface area (Å²) in [7, 11) is 0. The number of piperazine rings is 1. The molecule has 22 heavy (non-hydrogen) atoms. The number of carbonyl (C=O) groups excluding carboxylic acids is 1. The molecule has 0 aliphatic carbocycles. The van der Waals surface area contributed by atoms with Crippen LogP contribution in [-0.2, 0) is 4.74 Å². The molecule has 4 nitrogen and oxygen atoms in total. The predicted molar refractivity (Wildman–Crippen MR) is 87.2 cm³/mol. The van der Waals surface area contributed by atoms with Gasteiger partial charge in [-0.3, -0.25) is 9.69 Å². The van der Waals surface area contributed by atoms with Crippen molar-refractivity contribution in [1.29, 1.82) is 0 Å². The fourth-order valence-electron chi connectivity index (χ4n) is 3.38. The van der Waals surface area contributed by atoms with Crippen LogP contribution in [0.5, 0.6) is 0 Å². The standard InChI is InChI=1S/C18H26N2O2/c1-14-4-3-5-17(15(14)2)18(21)20-9-7-19(8-10-20)12-16-6-11-22-13-16/h3-5,16H,6-13H2,1-2H3. The van der Waals surface area contributed by atoms with Crippen LogP contribution in [0.15, 0.2) is 18.2 Å². The minimum atomic E-state index is 0.185. The molecule has 0 bridgehead atoms. The van der Waals surface area contributed by atoms with Crippen LogP contribution < -0.4 is 0 Å². The van der Waals surface area contributed by atoms with E-state index in [9.17, 15) is 4.79 Å². The Morgan fingerprint density at radius 2 is 2.00 bits per heavy atom. The lowest BCUT2D eigenvalue weighted by molar-refractivity contribution is 0.0610. The molecule has 1 atom stereocenters. The summed E-state index contributed by atoms with van der Waals surface area (Å²) in [5, 5.41) is 0. The molecule has 4 heteroatoms. The topological polar surface area (TPSA) is 32.8 Å². The maximum atomic E-state index is 12.7. The van der Waals surface area contributed by atoms with Crippen molar-refractivity contribution in [2.24, 2.45) is 5.92 Å². The molecule has 3 rings (SSSR count). The summed E-state index contributed by atoms with van der Waals surface area (Å²) < 4.78 is 5.45. The van der Waals surface area contributed by atoms with Crippen molar-refractivity contribution in [3.05, 3.63) is 34.9 Å². The van der Waals surface area contributed by atoms with E-state index < -0.39 is 0 Å². The second-order valence-corrected chi connectivity index (χ2v) is 6.57. The van der Waals surface area contributed by atoms with Crippen LogP contribution in [0, 0.1) is 19.8 Å². The Hall–Kier alpha value is -1.39. The quantitative estimate of drug-likeness (QED) is 0.857. The van der Waals surface area contributed by atoms with E-state index in [-0.39, 0.29) is 5.91 Å². The zero-order valence-electron chi connectivity index (χ0n) is 13.7. The monoisotopic (exact) mass is 302 g/mol. The van der Waals surface area contributed by atoms with Gasteiger partial charge in [0.25, 0.3) is 5.91 Å². The molecule has 0 radical (unpaired) electrons. The predicted octanol–water partition coefficient (Wildman–Crippen LogP) is 2.10. The normalized spacial score (nSPS) is 23.0. The van der Waals surface area contributed by atoms with Crippen LogP contribution in [0.4, 0.5) is 0 Å². The van der Waals surface area contributed by atoms with Gasteiger partial charge in [-0.25, -0.2) is 0 Å². The maximum absolute atomic E-state index is 12.7. The van der Waals surface area contributed by atoms with Crippen molar-refractivity contribution in [2.75, 3.05) is 45.9 Å². The number of ether oxygens (including phenoxy) is 1. The first-order valence-electron chi connectivity index (χ1n) is 8.30. The van der Waals surface area contributed by atoms with Crippen LogP contribution in [0.3, 0.4) is 0 Å². The molecule has 2 heterocycles. The van der Waals surface area contributed by atoms with Crippen molar-refractivity contribution in [1.82, 2.24) is 9.80 Å². The molecule has 1 aromatic carbocycles. The zero-order chi connectivity index (χ0) is 15.5. The average Bonchev–Trinajstić information content (AvgIpc) is 3.03. The summed E-state index contributed by atoms with van der Waals surface area (Å²) in [6.45, 7) is 10.7. The fourth-order valence-corrected chi connectivity index (χ4v) is 3.38. The molecular formula is C18H26N2O2. The summed E-state index contributed by atoms with van der Waals surface area (Å²) in [4.78, 5) is 17.2. The van der Waals surface area contributed by atoms with Crippen molar-refractivity contribution in [2.45, 2.75) is 20.3 Å². The van der Waals surface area contributed by atoms with E-state index in [1.54, 1.807) is 0 Å². The van der Waals surface area contributed by atoms with Crippen molar-refractivity contribution in [3.8, 4) is 0 Å². The van der Waals surface area contributed by atoms with Crippen molar-refractivity contribution < 1.29 is 9.53 Å². The summed E-state index contributed by atoms with van der Waals surface area (Å²) in [6.07, 6.45) is 1.18. The van der Waals surface area contributed by atoms with E-state index in [0.29, 0.717) is 5.92 Å². The molecular weight excluding hydrogens is 276 g/mol. The molecule has 1 aromatic rings. The number of amides is 1. The lowest BCUT2D eigenvalue weighted by Gasteiger charge is -2.36. The van der Waals surface area contributed by atoms with E-state index in [1.807, 2.05) is 24.0 Å². The summed E-state index contributed by atoms with van der Waals surface area (Å²) in [5.41, 5.74) is 3.15. The first-order valence-corrected chi connectivity index (χ1v) is 8.30. The van der Waals surface area contributed by atoms with Gasteiger partial charge in [0.1, 0.15) is 0 Å². The van der Waals surface area contributed by atoms with Crippen LogP contribution >= 0.6 is 0 Å². The van der Waals surface area contributed by atoms with Crippen molar-refractivity contribution in [3.63, 3.8) is 0 Å². The van der Waals surface area contributed by atoms with Crippen LogP contribution in [0.2, 0.25) is 0 Å². The number of benzene rings is 1. The van der Waals surface area contributed by atoms with Crippen LogP contribution in [-0.4, -0.2) is 61.6 Å². The van der Waals surface area contributed by atoms with Crippen LogP contribution in [0.25, 0.3) is 0 Å². The highest BCUT2D eigenvalue weighted by Gasteiger charge is 2.25.